The Bertz CT molecular complexity index is 365. The number of aliphatic carboxylic acids is 1. The van der Waals surface area contributed by atoms with Gasteiger partial charge in [-0.15, -0.1) is 0 Å². The topological polar surface area (TPSA) is 72.8 Å². The molecule has 0 fully saturated rings. The molecule has 1 N–H and O–H groups in total. The highest BCUT2D eigenvalue weighted by Gasteiger charge is 2.12. The molecule has 0 aromatic rings. The molecule has 0 aromatic heterocycles. The summed E-state index contributed by atoms with van der Waals surface area (Å²) in [7, 11) is 0. The normalized spacial score (nSPS) is 14.5. The number of rotatable bonds is 5. The Morgan fingerprint density at radius 1 is 1.44 bits per heavy atom. The van der Waals surface area contributed by atoms with Gasteiger partial charge in [0.2, 0.25) is 6.79 Å². The number of carbonyl (C=O) groups is 2. The van der Waals surface area contributed by atoms with Crippen LogP contribution in [0.25, 0.3) is 0 Å². The third-order valence-corrected chi connectivity index (χ3v) is 2.00. The van der Waals surface area contributed by atoms with Crippen LogP contribution in [0.1, 0.15) is 12.8 Å². The van der Waals surface area contributed by atoms with Gasteiger partial charge in [-0.05, 0) is 18.6 Å². The number of ether oxygens (including phenoxy) is 2. The van der Waals surface area contributed by atoms with Crippen LogP contribution in [0.4, 0.5) is 0 Å². The molecule has 5 nitrogen and oxygen atoms in total. The molecule has 1 rings (SSSR count). The van der Waals surface area contributed by atoms with Gasteiger partial charge in [-0.1, -0.05) is 6.58 Å². The van der Waals surface area contributed by atoms with Crippen molar-refractivity contribution in [1.29, 1.82) is 0 Å². The summed E-state index contributed by atoms with van der Waals surface area (Å²) >= 11 is 0. The maximum absolute atomic E-state index is 10.7. The molecule has 0 bridgehead atoms. The molecular weight excluding hydrogens is 212 g/mol. The highest BCUT2D eigenvalue weighted by Crippen LogP contribution is 2.19. The molecule has 0 saturated carbocycles. The third kappa shape index (κ3) is 3.61. The van der Waals surface area contributed by atoms with E-state index in [0.29, 0.717) is 24.2 Å². The van der Waals surface area contributed by atoms with Crippen LogP contribution in [-0.2, 0) is 19.1 Å². The van der Waals surface area contributed by atoms with Crippen LogP contribution in [0.15, 0.2) is 36.1 Å². The van der Waals surface area contributed by atoms with E-state index in [4.69, 9.17) is 9.84 Å². The Kier molecular flexibility index (Phi) is 4.32. The van der Waals surface area contributed by atoms with Gasteiger partial charge in [0.25, 0.3) is 0 Å². The molecule has 0 spiro atoms. The zero-order valence-corrected chi connectivity index (χ0v) is 8.64. The van der Waals surface area contributed by atoms with E-state index in [1.807, 2.05) is 0 Å². The minimum absolute atomic E-state index is 0.188. The molecule has 86 valence electrons. The van der Waals surface area contributed by atoms with Gasteiger partial charge in [0, 0.05) is 18.1 Å². The highest BCUT2D eigenvalue weighted by molar-refractivity contribution is 5.87. The van der Waals surface area contributed by atoms with Gasteiger partial charge in [-0.2, -0.15) is 0 Å². The lowest BCUT2D eigenvalue weighted by molar-refractivity contribution is -0.147. The summed E-state index contributed by atoms with van der Waals surface area (Å²) in [6.07, 6.45) is 4.99. The Balaban J connectivity index is 2.37. The summed E-state index contributed by atoms with van der Waals surface area (Å²) in [4.78, 5) is 21.2. The molecule has 0 amide bonds. The van der Waals surface area contributed by atoms with Crippen LogP contribution in [0.3, 0.4) is 0 Å². The van der Waals surface area contributed by atoms with Gasteiger partial charge in [-0.3, -0.25) is 0 Å². The molecule has 16 heavy (non-hydrogen) atoms. The molecule has 5 heteroatoms. The summed E-state index contributed by atoms with van der Waals surface area (Å²) in [5, 5.41) is 8.69. The zero-order chi connectivity index (χ0) is 12.0. The van der Waals surface area contributed by atoms with Crippen molar-refractivity contribution < 1.29 is 24.2 Å². The lowest BCUT2D eigenvalue weighted by Gasteiger charge is -2.13. The van der Waals surface area contributed by atoms with Crippen LogP contribution in [0.2, 0.25) is 0 Å². The monoisotopic (exact) mass is 224 g/mol. The second-order valence-corrected chi connectivity index (χ2v) is 3.06. The summed E-state index contributed by atoms with van der Waals surface area (Å²) in [5.74, 6) is -0.881. The van der Waals surface area contributed by atoms with Crippen molar-refractivity contribution in [3.05, 3.63) is 36.1 Å². The molecule has 1 aliphatic carbocycles. The third-order valence-electron chi connectivity index (χ3n) is 2.00. The van der Waals surface area contributed by atoms with Gasteiger partial charge in [0.05, 0.1) is 0 Å². The van der Waals surface area contributed by atoms with Gasteiger partial charge in [0.1, 0.15) is 5.76 Å². The number of hydrogen-bond donors (Lipinski definition) is 1. The van der Waals surface area contributed by atoms with Crippen molar-refractivity contribution in [3.63, 3.8) is 0 Å². The van der Waals surface area contributed by atoms with E-state index in [9.17, 15) is 9.59 Å². The van der Waals surface area contributed by atoms with Crippen molar-refractivity contribution in [2.24, 2.45) is 0 Å². The first-order chi connectivity index (χ1) is 7.63. The van der Waals surface area contributed by atoms with E-state index in [1.54, 1.807) is 6.08 Å². The van der Waals surface area contributed by atoms with Gasteiger partial charge in [-0.25, -0.2) is 9.59 Å². The molecule has 1 aliphatic rings. The van der Waals surface area contributed by atoms with E-state index in [2.05, 4.69) is 11.3 Å². The van der Waals surface area contributed by atoms with Crippen LogP contribution < -0.4 is 0 Å². The fourth-order valence-corrected chi connectivity index (χ4v) is 1.14. The standard InChI is InChI=1S/C11H12O5/c1-2-10(12)16-7-15-9-5-3-8(4-6-9)11(13)14/h2-3,5H,1,4,6-7H2,(H,13,14). The molecule has 0 aliphatic heterocycles. The zero-order valence-electron chi connectivity index (χ0n) is 8.64. The lowest BCUT2D eigenvalue weighted by Crippen LogP contribution is -2.08. The summed E-state index contributed by atoms with van der Waals surface area (Å²) in [6, 6.07) is 0. The van der Waals surface area contributed by atoms with Gasteiger partial charge < -0.3 is 14.6 Å². The van der Waals surface area contributed by atoms with Crippen LogP contribution in [-0.4, -0.2) is 23.8 Å². The van der Waals surface area contributed by atoms with E-state index < -0.39 is 11.9 Å². The molecular formula is C11H12O5. The fourth-order valence-electron chi connectivity index (χ4n) is 1.14. The van der Waals surface area contributed by atoms with Crippen LogP contribution >= 0.6 is 0 Å². The van der Waals surface area contributed by atoms with Gasteiger partial charge >= 0.3 is 11.9 Å². The quantitative estimate of drug-likeness (QED) is 0.434. The highest BCUT2D eigenvalue weighted by atomic mass is 16.7. The summed E-state index contributed by atoms with van der Waals surface area (Å²) < 4.78 is 9.73. The number of esters is 1. The van der Waals surface area contributed by atoms with E-state index in [-0.39, 0.29) is 6.79 Å². The predicted molar refractivity (Wildman–Crippen MR) is 55.3 cm³/mol. The second kappa shape index (κ2) is 5.75. The number of hydrogen-bond acceptors (Lipinski definition) is 4. The predicted octanol–water partition coefficient (Wildman–Crippen LogP) is 1.38. The molecule has 0 radical (unpaired) electrons. The minimum atomic E-state index is -0.923. The summed E-state index contributed by atoms with van der Waals surface area (Å²) in [5.41, 5.74) is 0.343. The summed E-state index contributed by atoms with van der Waals surface area (Å²) in [6.45, 7) is 3.05. The Morgan fingerprint density at radius 3 is 2.69 bits per heavy atom. The van der Waals surface area contributed by atoms with E-state index in [0.717, 1.165) is 6.08 Å². The Morgan fingerprint density at radius 2 is 2.19 bits per heavy atom. The first kappa shape index (κ1) is 12.0. The molecule has 0 unspecified atom stereocenters. The molecule has 0 atom stereocenters. The maximum atomic E-state index is 10.7. The number of carboxylic acids is 1. The van der Waals surface area contributed by atoms with Crippen molar-refractivity contribution >= 4 is 11.9 Å². The average molecular weight is 224 g/mol. The minimum Gasteiger partial charge on any atom is -0.478 e. The smallest absolute Gasteiger partial charge is 0.333 e. The van der Waals surface area contributed by atoms with Crippen molar-refractivity contribution in [3.8, 4) is 0 Å². The number of carbonyl (C=O) groups excluding carboxylic acids is 1. The van der Waals surface area contributed by atoms with Crippen molar-refractivity contribution in [1.82, 2.24) is 0 Å². The Hall–Kier alpha value is -2.04. The van der Waals surface area contributed by atoms with Crippen molar-refractivity contribution in [2.75, 3.05) is 6.79 Å². The van der Waals surface area contributed by atoms with E-state index >= 15 is 0 Å². The first-order valence-corrected chi connectivity index (χ1v) is 4.68. The van der Waals surface area contributed by atoms with Crippen molar-refractivity contribution in [2.45, 2.75) is 12.8 Å². The maximum Gasteiger partial charge on any atom is 0.333 e. The fraction of sp³-hybridized carbons (Fsp3) is 0.273. The molecule has 0 heterocycles. The molecule has 0 saturated heterocycles. The Labute approximate surface area is 92.7 Å². The molecule has 0 aromatic carbocycles. The van der Waals surface area contributed by atoms with E-state index in [1.165, 1.54) is 6.08 Å². The van der Waals surface area contributed by atoms with Crippen LogP contribution in [0.5, 0.6) is 0 Å². The largest absolute Gasteiger partial charge is 0.478 e. The lowest BCUT2D eigenvalue weighted by atomic mass is 10.0. The first-order valence-electron chi connectivity index (χ1n) is 4.68. The SMILES string of the molecule is C=CC(=O)OCOC1=CC=C(C(=O)O)CC1. The second-order valence-electron chi connectivity index (χ2n) is 3.06. The number of carboxylic acid groups (broad SMARTS) is 1. The average Bonchev–Trinajstić information content (AvgIpc) is 2.29. The van der Waals surface area contributed by atoms with Crippen LogP contribution in [0, 0.1) is 0 Å². The van der Waals surface area contributed by atoms with Gasteiger partial charge in [0.15, 0.2) is 0 Å². The number of allylic oxidation sites excluding steroid dienone is 3.